The van der Waals surface area contributed by atoms with Crippen LogP contribution < -0.4 is 5.32 Å². The Bertz CT molecular complexity index is 495. The molecule has 0 spiro atoms. The van der Waals surface area contributed by atoms with Gasteiger partial charge in [-0.2, -0.15) is 0 Å². The van der Waals surface area contributed by atoms with Crippen molar-refractivity contribution in [1.29, 1.82) is 0 Å². The van der Waals surface area contributed by atoms with E-state index >= 15 is 0 Å². The van der Waals surface area contributed by atoms with E-state index in [0.717, 1.165) is 28.0 Å². The molecule has 0 aliphatic heterocycles. The number of hydrogen-bond donors (Lipinski definition) is 1. The first kappa shape index (κ1) is 13.6. The van der Waals surface area contributed by atoms with Gasteiger partial charge in [0.1, 0.15) is 24.2 Å². The molecule has 1 atom stereocenters. The van der Waals surface area contributed by atoms with E-state index < -0.39 is 0 Å². The molecule has 0 aliphatic rings. The van der Waals surface area contributed by atoms with E-state index in [2.05, 4.69) is 12.2 Å². The molecule has 0 fully saturated rings. The lowest BCUT2D eigenvalue weighted by atomic mass is 10.2. The summed E-state index contributed by atoms with van der Waals surface area (Å²) in [5, 5.41) is 6.15. The van der Waals surface area contributed by atoms with Gasteiger partial charge < -0.3 is 14.5 Å². The molecule has 0 amide bonds. The van der Waals surface area contributed by atoms with Crippen molar-refractivity contribution >= 4 is 22.9 Å². The maximum absolute atomic E-state index is 6.19. The Hall–Kier alpha value is -0.810. The highest BCUT2D eigenvalue weighted by Crippen LogP contribution is 2.33. The molecule has 1 N–H and O–H groups in total. The largest absolute Gasteiger partial charge is 0.462 e. The number of halogens is 1. The SMILES string of the molecule is CCNC(c1ccc(COC)o1)c1sccc1Cl. The summed E-state index contributed by atoms with van der Waals surface area (Å²) in [5.74, 6) is 1.69. The minimum Gasteiger partial charge on any atom is -0.462 e. The lowest BCUT2D eigenvalue weighted by Crippen LogP contribution is -2.20. The van der Waals surface area contributed by atoms with Crippen LogP contribution in [0.25, 0.3) is 0 Å². The van der Waals surface area contributed by atoms with Gasteiger partial charge in [0.05, 0.1) is 5.02 Å². The van der Waals surface area contributed by atoms with Crippen molar-refractivity contribution in [1.82, 2.24) is 5.32 Å². The maximum Gasteiger partial charge on any atom is 0.129 e. The van der Waals surface area contributed by atoms with Crippen LogP contribution >= 0.6 is 22.9 Å². The second-order valence-corrected chi connectivity index (χ2v) is 5.22. The van der Waals surface area contributed by atoms with Gasteiger partial charge in [0, 0.05) is 12.0 Å². The summed E-state index contributed by atoms with van der Waals surface area (Å²) in [6, 6.07) is 5.82. The van der Waals surface area contributed by atoms with E-state index in [-0.39, 0.29) is 6.04 Å². The van der Waals surface area contributed by atoms with E-state index in [9.17, 15) is 0 Å². The summed E-state index contributed by atoms with van der Waals surface area (Å²) in [6.45, 7) is 3.39. The van der Waals surface area contributed by atoms with E-state index in [1.807, 2.05) is 23.6 Å². The maximum atomic E-state index is 6.19. The van der Waals surface area contributed by atoms with Crippen LogP contribution in [-0.2, 0) is 11.3 Å². The van der Waals surface area contributed by atoms with Crippen LogP contribution in [0.4, 0.5) is 0 Å². The second kappa shape index (κ2) is 6.38. The fourth-order valence-electron chi connectivity index (χ4n) is 1.81. The normalized spacial score (nSPS) is 12.8. The van der Waals surface area contributed by atoms with E-state index in [1.54, 1.807) is 18.4 Å². The highest BCUT2D eigenvalue weighted by molar-refractivity contribution is 7.10. The molecule has 18 heavy (non-hydrogen) atoms. The van der Waals surface area contributed by atoms with Crippen LogP contribution in [0.3, 0.4) is 0 Å². The summed E-state index contributed by atoms with van der Waals surface area (Å²) in [4.78, 5) is 1.08. The van der Waals surface area contributed by atoms with Gasteiger partial charge in [0.25, 0.3) is 0 Å². The highest BCUT2D eigenvalue weighted by atomic mass is 35.5. The van der Waals surface area contributed by atoms with E-state index in [1.165, 1.54) is 0 Å². The van der Waals surface area contributed by atoms with Crippen molar-refractivity contribution < 1.29 is 9.15 Å². The Kier molecular flexibility index (Phi) is 4.83. The first-order chi connectivity index (χ1) is 8.76. The number of ether oxygens (including phenoxy) is 1. The molecule has 98 valence electrons. The van der Waals surface area contributed by atoms with Crippen LogP contribution in [0.15, 0.2) is 28.0 Å². The Balaban J connectivity index is 2.26. The van der Waals surface area contributed by atoms with Crippen molar-refractivity contribution in [2.75, 3.05) is 13.7 Å². The van der Waals surface area contributed by atoms with Crippen LogP contribution in [0.2, 0.25) is 5.02 Å². The van der Waals surface area contributed by atoms with Gasteiger partial charge in [-0.15, -0.1) is 11.3 Å². The van der Waals surface area contributed by atoms with E-state index in [0.29, 0.717) is 6.61 Å². The zero-order valence-corrected chi connectivity index (χ0v) is 12.0. The number of nitrogens with one attached hydrogen (secondary N) is 1. The molecular formula is C13H16ClNO2S. The standard InChI is InChI=1S/C13H16ClNO2S/c1-3-15-12(13-10(14)6-7-18-13)11-5-4-9(17-11)8-16-2/h4-7,12,15H,3,8H2,1-2H3. The van der Waals surface area contributed by atoms with Crippen molar-refractivity contribution in [3.05, 3.63) is 45.0 Å². The topological polar surface area (TPSA) is 34.4 Å². The molecule has 0 bridgehead atoms. The Morgan fingerprint density at radius 1 is 1.44 bits per heavy atom. The first-order valence-electron chi connectivity index (χ1n) is 5.80. The summed E-state index contributed by atoms with van der Waals surface area (Å²) < 4.78 is 10.8. The summed E-state index contributed by atoms with van der Waals surface area (Å²) in [7, 11) is 1.65. The van der Waals surface area contributed by atoms with Gasteiger partial charge in [-0.25, -0.2) is 0 Å². The van der Waals surface area contributed by atoms with Crippen molar-refractivity contribution in [2.24, 2.45) is 0 Å². The molecule has 0 saturated carbocycles. The summed E-state index contributed by atoms with van der Waals surface area (Å²) in [5.41, 5.74) is 0. The number of rotatable bonds is 6. The van der Waals surface area contributed by atoms with Gasteiger partial charge in [-0.3, -0.25) is 0 Å². The molecule has 2 aromatic heterocycles. The lowest BCUT2D eigenvalue weighted by Gasteiger charge is -2.14. The predicted octanol–water partition coefficient (Wildman–Crippen LogP) is 3.84. The van der Waals surface area contributed by atoms with Gasteiger partial charge >= 0.3 is 0 Å². The molecule has 0 aliphatic carbocycles. The molecule has 2 aromatic rings. The van der Waals surface area contributed by atoms with Crippen LogP contribution in [-0.4, -0.2) is 13.7 Å². The third-order valence-electron chi connectivity index (χ3n) is 2.57. The summed E-state index contributed by atoms with van der Waals surface area (Å²) >= 11 is 7.82. The first-order valence-corrected chi connectivity index (χ1v) is 7.05. The monoisotopic (exact) mass is 285 g/mol. The molecule has 0 aromatic carbocycles. The zero-order valence-electron chi connectivity index (χ0n) is 10.4. The molecule has 0 saturated heterocycles. The Labute approximate surface area is 116 Å². The molecule has 2 rings (SSSR count). The lowest BCUT2D eigenvalue weighted by molar-refractivity contribution is 0.162. The fourth-order valence-corrected chi connectivity index (χ4v) is 3.05. The minimum atomic E-state index is 0.00751. The fraction of sp³-hybridized carbons (Fsp3) is 0.385. The number of hydrogen-bond acceptors (Lipinski definition) is 4. The van der Waals surface area contributed by atoms with Gasteiger partial charge in [-0.05, 0) is 30.1 Å². The predicted molar refractivity (Wildman–Crippen MR) is 74.3 cm³/mol. The third-order valence-corrected chi connectivity index (χ3v) is 3.99. The van der Waals surface area contributed by atoms with E-state index in [4.69, 9.17) is 20.8 Å². The third kappa shape index (κ3) is 2.95. The molecule has 2 heterocycles. The smallest absolute Gasteiger partial charge is 0.129 e. The van der Waals surface area contributed by atoms with Crippen LogP contribution in [0.1, 0.15) is 29.4 Å². The Morgan fingerprint density at radius 3 is 2.89 bits per heavy atom. The number of methoxy groups -OCH3 is 1. The van der Waals surface area contributed by atoms with Crippen molar-refractivity contribution in [3.63, 3.8) is 0 Å². The molecule has 0 radical (unpaired) electrons. The average molecular weight is 286 g/mol. The van der Waals surface area contributed by atoms with Crippen LogP contribution in [0, 0.1) is 0 Å². The minimum absolute atomic E-state index is 0.00751. The van der Waals surface area contributed by atoms with Gasteiger partial charge in [0.15, 0.2) is 0 Å². The number of furan rings is 1. The molecular weight excluding hydrogens is 270 g/mol. The molecule has 3 nitrogen and oxygen atoms in total. The van der Waals surface area contributed by atoms with Gasteiger partial charge in [0.2, 0.25) is 0 Å². The summed E-state index contributed by atoms with van der Waals surface area (Å²) in [6.07, 6.45) is 0. The average Bonchev–Trinajstić information content (AvgIpc) is 2.96. The Morgan fingerprint density at radius 2 is 2.28 bits per heavy atom. The van der Waals surface area contributed by atoms with Crippen molar-refractivity contribution in [3.8, 4) is 0 Å². The quantitative estimate of drug-likeness (QED) is 0.876. The van der Waals surface area contributed by atoms with Gasteiger partial charge in [-0.1, -0.05) is 18.5 Å². The highest BCUT2D eigenvalue weighted by Gasteiger charge is 2.20. The number of thiophene rings is 1. The molecule has 1 unspecified atom stereocenters. The zero-order chi connectivity index (χ0) is 13.0. The second-order valence-electron chi connectivity index (χ2n) is 3.86. The van der Waals surface area contributed by atoms with Crippen LogP contribution in [0.5, 0.6) is 0 Å². The van der Waals surface area contributed by atoms with Crippen molar-refractivity contribution in [2.45, 2.75) is 19.6 Å². The molecule has 5 heteroatoms.